The molecule has 2 aromatic rings. The van der Waals surface area contributed by atoms with Gasteiger partial charge in [0, 0.05) is 16.8 Å². The number of carbonyl (C=O) groups excluding carboxylic acids is 2. The molecule has 0 bridgehead atoms. The minimum Gasteiger partial charge on any atom is -0.465 e. The molecule has 2 aromatic carbocycles. The van der Waals surface area contributed by atoms with Crippen molar-refractivity contribution in [1.82, 2.24) is 5.32 Å². The minimum atomic E-state index is -0.414. The van der Waals surface area contributed by atoms with Gasteiger partial charge in [0.15, 0.2) is 0 Å². The van der Waals surface area contributed by atoms with Crippen LogP contribution in [0.4, 0.5) is 5.69 Å². The van der Waals surface area contributed by atoms with Gasteiger partial charge in [0.1, 0.15) is 0 Å². The Kier molecular flexibility index (Phi) is 6.35. The fraction of sp³-hybridized carbons (Fsp3) is 0.222. The van der Waals surface area contributed by atoms with Crippen molar-refractivity contribution in [3.8, 4) is 0 Å². The van der Waals surface area contributed by atoms with Gasteiger partial charge in [-0.15, -0.1) is 0 Å². The highest BCUT2D eigenvalue weighted by molar-refractivity contribution is 6.31. The lowest BCUT2D eigenvalue weighted by Crippen LogP contribution is -2.30. The van der Waals surface area contributed by atoms with Crippen LogP contribution in [0.25, 0.3) is 0 Å². The van der Waals surface area contributed by atoms with E-state index >= 15 is 0 Å². The fourth-order valence-corrected chi connectivity index (χ4v) is 2.49. The summed E-state index contributed by atoms with van der Waals surface area (Å²) in [6.45, 7) is 2.09. The number of hydrogen-bond donors (Lipinski definition) is 2. The maximum Gasteiger partial charge on any atom is 0.337 e. The number of nitrogens with one attached hydrogen (secondary N) is 2. The molecular formula is C18H19ClN2O3. The Labute approximate surface area is 146 Å². The molecule has 0 heterocycles. The quantitative estimate of drug-likeness (QED) is 0.786. The van der Waals surface area contributed by atoms with Crippen LogP contribution >= 0.6 is 11.6 Å². The van der Waals surface area contributed by atoms with Crippen LogP contribution in [0.3, 0.4) is 0 Å². The smallest absolute Gasteiger partial charge is 0.337 e. The lowest BCUT2D eigenvalue weighted by atomic mass is 10.1. The Bertz CT molecular complexity index is 716. The zero-order valence-corrected chi connectivity index (χ0v) is 14.3. The molecule has 126 valence electrons. The first-order valence-corrected chi connectivity index (χ1v) is 7.85. The summed E-state index contributed by atoms with van der Waals surface area (Å²) in [5.41, 5.74) is 1.98. The van der Waals surface area contributed by atoms with E-state index in [-0.39, 0.29) is 18.5 Å². The molecule has 2 rings (SSSR count). The van der Waals surface area contributed by atoms with Crippen LogP contribution in [0, 0.1) is 0 Å². The lowest BCUT2D eigenvalue weighted by molar-refractivity contribution is -0.115. The van der Waals surface area contributed by atoms with Gasteiger partial charge in [0.05, 0.1) is 19.2 Å². The fourth-order valence-electron chi connectivity index (χ4n) is 2.19. The lowest BCUT2D eigenvalue weighted by Gasteiger charge is -2.15. The second kappa shape index (κ2) is 8.47. The van der Waals surface area contributed by atoms with Gasteiger partial charge < -0.3 is 15.4 Å². The van der Waals surface area contributed by atoms with Gasteiger partial charge in [-0.05, 0) is 42.8 Å². The number of amides is 1. The summed E-state index contributed by atoms with van der Waals surface area (Å²) >= 11 is 6.14. The molecule has 0 saturated carbocycles. The van der Waals surface area contributed by atoms with E-state index in [4.69, 9.17) is 11.6 Å². The number of esters is 1. The van der Waals surface area contributed by atoms with E-state index in [9.17, 15) is 9.59 Å². The molecule has 0 radical (unpaired) electrons. The molecule has 0 aliphatic heterocycles. The highest BCUT2D eigenvalue weighted by Crippen LogP contribution is 2.21. The second-order valence-corrected chi connectivity index (χ2v) is 5.65. The van der Waals surface area contributed by atoms with Crippen molar-refractivity contribution in [3.05, 3.63) is 64.7 Å². The maximum absolute atomic E-state index is 12.0. The molecule has 0 aliphatic rings. The van der Waals surface area contributed by atoms with Gasteiger partial charge in [-0.2, -0.15) is 0 Å². The van der Waals surface area contributed by atoms with Crippen molar-refractivity contribution in [3.63, 3.8) is 0 Å². The van der Waals surface area contributed by atoms with Crippen molar-refractivity contribution in [2.45, 2.75) is 13.0 Å². The Morgan fingerprint density at radius 2 is 1.79 bits per heavy atom. The van der Waals surface area contributed by atoms with Gasteiger partial charge in [-0.25, -0.2) is 4.79 Å². The van der Waals surface area contributed by atoms with E-state index < -0.39 is 5.97 Å². The molecule has 0 spiro atoms. The highest BCUT2D eigenvalue weighted by Gasteiger charge is 2.11. The van der Waals surface area contributed by atoms with E-state index in [1.165, 1.54) is 7.11 Å². The third-order valence-corrected chi connectivity index (χ3v) is 3.87. The van der Waals surface area contributed by atoms with Gasteiger partial charge in [0.2, 0.25) is 5.91 Å². The van der Waals surface area contributed by atoms with E-state index in [0.29, 0.717) is 16.3 Å². The van der Waals surface area contributed by atoms with E-state index in [0.717, 1.165) is 5.56 Å². The highest BCUT2D eigenvalue weighted by atomic mass is 35.5. The first-order chi connectivity index (χ1) is 11.5. The predicted octanol–water partition coefficient (Wildman–Crippen LogP) is 3.42. The molecule has 6 heteroatoms. The number of anilines is 1. The Morgan fingerprint density at radius 1 is 1.12 bits per heavy atom. The SMILES string of the molecule is COC(=O)c1ccc(NC(=O)CNC(C)c2ccccc2Cl)cc1. The average Bonchev–Trinajstić information content (AvgIpc) is 2.60. The Morgan fingerprint density at radius 3 is 2.42 bits per heavy atom. The normalized spacial score (nSPS) is 11.6. The van der Waals surface area contributed by atoms with Crippen molar-refractivity contribution in [2.24, 2.45) is 0 Å². The summed E-state index contributed by atoms with van der Waals surface area (Å²) in [7, 11) is 1.32. The number of ether oxygens (including phenoxy) is 1. The second-order valence-electron chi connectivity index (χ2n) is 5.24. The zero-order chi connectivity index (χ0) is 17.5. The van der Waals surface area contributed by atoms with Crippen LogP contribution in [0.2, 0.25) is 5.02 Å². The molecular weight excluding hydrogens is 328 g/mol. The monoisotopic (exact) mass is 346 g/mol. The molecule has 0 aromatic heterocycles. The van der Waals surface area contributed by atoms with E-state index in [2.05, 4.69) is 15.4 Å². The summed E-state index contributed by atoms with van der Waals surface area (Å²) in [5.74, 6) is -0.595. The van der Waals surface area contributed by atoms with Gasteiger partial charge in [0.25, 0.3) is 0 Å². The molecule has 1 atom stereocenters. The van der Waals surface area contributed by atoms with Crippen LogP contribution in [0.5, 0.6) is 0 Å². The van der Waals surface area contributed by atoms with Gasteiger partial charge in [-0.1, -0.05) is 29.8 Å². The summed E-state index contributed by atoms with van der Waals surface area (Å²) in [6, 6.07) is 14.0. The zero-order valence-electron chi connectivity index (χ0n) is 13.5. The van der Waals surface area contributed by atoms with E-state index in [1.807, 2.05) is 31.2 Å². The summed E-state index contributed by atoms with van der Waals surface area (Å²) in [6.07, 6.45) is 0. The third-order valence-electron chi connectivity index (χ3n) is 3.53. The van der Waals surface area contributed by atoms with Gasteiger partial charge in [-0.3, -0.25) is 4.79 Å². The molecule has 0 aliphatic carbocycles. The number of carbonyl (C=O) groups is 2. The molecule has 24 heavy (non-hydrogen) atoms. The van der Waals surface area contributed by atoms with Crippen LogP contribution in [0.1, 0.15) is 28.9 Å². The first-order valence-electron chi connectivity index (χ1n) is 7.47. The molecule has 0 fully saturated rings. The number of hydrogen-bond acceptors (Lipinski definition) is 4. The largest absolute Gasteiger partial charge is 0.465 e. The van der Waals surface area contributed by atoms with Crippen LogP contribution < -0.4 is 10.6 Å². The van der Waals surface area contributed by atoms with E-state index in [1.54, 1.807) is 24.3 Å². The van der Waals surface area contributed by atoms with Gasteiger partial charge >= 0.3 is 5.97 Å². The number of halogens is 1. The molecule has 1 amide bonds. The predicted molar refractivity (Wildman–Crippen MR) is 94.3 cm³/mol. The molecule has 0 saturated heterocycles. The standard InChI is InChI=1S/C18H19ClN2O3/c1-12(15-5-3-4-6-16(15)19)20-11-17(22)21-14-9-7-13(8-10-14)18(23)24-2/h3-10,12,20H,11H2,1-2H3,(H,21,22). The third kappa shape index (κ3) is 4.81. The van der Waals surface area contributed by atoms with Crippen LogP contribution in [-0.2, 0) is 9.53 Å². The van der Waals surface area contributed by atoms with Crippen LogP contribution in [0.15, 0.2) is 48.5 Å². The molecule has 1 unspecified atom stereocenters. The summed E-state index contributed by atoms with van der Waals surface area (Å²) in [5, 5.41) is 6.55. The maximum atomic E-state index is 12.0. The van der Waals surface area contributed by atoms with Crippen molar-refractivity contribution >= 4 is 29.2 Å². The number of methoxy groups -OCH3 is 1. The summed E-state index contributed by atoms with van der Waals surface area (Å²) in [4.78, 5) is 23.4. The Hall–Kier alpha value is -2.37. The average molecular weight is 347 g/mol. The molecule has 5 nitrogen and oxygen atoms in total. The van der Waals surface area contributed by atoms with Crippen LogP contribution in [-0.4, -0.2) is 25.5 Å². The number of rotatable bonds is 6. The Balaban J connectivity index is 1.87. The topological polar surface area (TPSA) is 67.4 Å². The minimum absolute atomic E-state index is 0.0499. The first kappa shape index (κ1) is 18.0. The van der Waals surface area contributed by atoms with Crippen molar-refractivity contribution in [2.75, 3.05) is 19.0 Å². The van der Waals surface area contributed by atoms with Crippen molar-refractivity contribution in [1.29, 1.82) is 0 Å². The number of benzene rings is 2. The molecule has 2 N–H and O–H groups in total. The summed E-state index contributed by atoms with van der Waals surface area (Å²) < 4.78 is 4.63. The van der Waals surface area contributed by atoms with Crippen molar-refractivity contribution < 1.29 is 14.3 Å².